The first-order valence-corrected chi connectivity index (χ1v) is 9.20. The highest BCUT2D eigenvalue weighted by Crippen LogP contribution is 2.23. The van der Waals surface area contributed by atoms with Crippen LogP contribution in [-0.2, 0) is 0 Å². The molecular weight excluding hydrogens is 278 g/mol. The minimum Gasteiger partial charge on any atom is -0.350 e. The molecule has 1 atom stereocenters. The number of benzene rings is 1. The van der Waals surface area contributed by atoms with E-state index in [0.717, 1.165) is 29.1 Å². The molecule has 1 N–H and O–H groups in total. The molecular formula is C18H29NOS. The van der Waals surface area contributed by atoms with Crippen molar-refractivity contribution in [3.8, 4) is 0 Å². The summed E-state index contributed by atoms with van der Waals surface area (Å²) in [5.74, 6) is 1.12. The van der Waals surface area contributed by atoms with Gasteiger partial charge in [0.1, 0.15) is 0 Å². The number of nitrogens with one attached hydrogen (secondary N) is 1. The molecule has 1 aromatic carbocycles. The van der Waals surface area contributed by atoms with Gasteiger partial charge in [0.15, 0.2) is 0 Å². The number of carbonyl (C=O) groups is 1. The molecule has 1 rings (SSSR count). The van der Waals surface area contributed by atoms with Gasteiger partial charge >= 0.3 is 0 Å². The average molecular weight is 308 g/mol. The first kappa shape index (κ1) is 18.1. The predicted molar refractivity (Wildman–Crippen MR) is 93.1 cm³/mol. The van der Waals surface area contributed by atoms with E-state index in [4.69, 9.17) is 0 Å². The molecule has 0 bridgehead atoms. The number of amides is 1. The second-order valence-electron chi connectivity index (χ2n) is 5.57. The minimum absolute atomic E-state index is 0.0668. The summed E-state index contributed by atoms with van der Waals surface area (Å²) in [4.78, 5) is 13.5. The van der Waals surface area contributed by atoms with E-state index in [1.165, 1.54) is 25.7 Å². The Balaban J connectivity index is 2.50. The summed E-state index contributed by atoms with van der Waals surface area (Å²) in [6.45, 7) is 6.48. The van der Waals surface area contributed by atoms with Crippen LogP contribution in [0.5, 0.6) is 0 Å². The number of thioether (sulfide) groups is 1. The standard InChI is InChI=1S/C18H29NOS/c1-4-6-7-8-11-15(3)19-18(20)16-12-9-10-13-17(16)21-14-5-2/h9-10,12-13,15H,4-8,11,14H2,1-3H3,(H,19,20). The molecule has 0 radical (unpaired) electrons. The summed E-state index contributed by atoms with van der Waals surface area (Å²) in [5.41, 5.74) is 0.816. The van der Waals surface area contributed by atoms with Gasteiger partial charge in [-0.1, -0.05) is 51.7 Å². The monoisotopic (exact) mass is 307 g/mol. The van der Waals surface area contributed by atoms with Crippen molar-refractivity contribution in [1.29, 1.82) is 0 Å². The molecule has 0 spiro atoms. The van der Waals surface area contributed by atoms with Gasteiger partial charge in [0.25, 0.3) is 5.91 Å². The summed E-state index contributed by atoms with van der Waals surface area (Å²) >= 11 is 1.77. The molecule has 0 aliphatic carbocycles. The second-order valence-corrected chi connectivity index (χ2v) is 6.71. The van der Waals surface area contributed by atoms with Crippen LogP contribution in [-0.4, -0.2) is 17.7 Å². The van der Waals surface area contributed by atoms with Gasteiger partial charge in [-0.2, -0.15) is 0 Å². The molecule has 2 nitrogen and oxygen atoms in total. The van der Waals surface area contributed by atoms with Crippen LogP contribution in [0.1, 0.15) is 69.7 Å². The Morgan fingerprint density at radius 3 is 2.62 bits per heavy atom. The van der Waals surface area contributed by atoms with Crippen LogP contribution in [0, 0.1) is 0 Å². The van der Waals surface area contributed by atoms with Crippen LogP contribution in [0.15, 0.2) is 29.2 Å². The van der Waals surface area contributed by atoms with E-state index in [1.807, 2.05) is 24.3 Å². The van der Waals surface area contributed by atoms with E-state index in [9.17, 15) is 4.79 Å². The van der Waals surface area contributed by atoms with Crippen molar-refractivity contribution >= 4 is 17.7 Å². The number of carbonyl (C=O) groups excluding carboxylic acids is 1. The maximum atomic E-state index is 12.4. The van der Waals surface area contributed by atoms with Gasteiger partial charge in [0.05, 0.1) is 5.56 Å². The molecule has 0 heterocycles. The number of rotatable bonds is 10. The van der Waals surface area contributed by atoms with E-state index in [1.54, 1.807) is 11.8 Å². The molecule has 21 heavy (non-hydrogen) atoms. The molecule has 118 valence electrons. The Morgan fingerprint density at radius 1 is 1.14 bits per heavy atom. The van der Waals surface area contributed by atoms with Crippen molar-refractivity contribution < 1.29 is 4.79 Å². The fourth-order valence-electron chi connectivity index (χ4n) is 2.24. The first-order chi connectivity index (χ1) is 10.2. The average Bonchev–Trinajstić information content (AvgIpc) is 2.49. The Hall–Kier alpha value is -0.960. The zero-order valence-electron chi connectivity index (χ0n) is 13.7. The zero-order chi connectivity index (χ0) is 15.5. The lowest BCUT2D eigenvalue weighted by atomic mass is 10.1. The van der Waals surface area contributed by atoms with Gasteiger partial charge in [-0.05, 0) is 37.7 Å². The molecule has 0 saturated carbocycles. The molecule has 1 aromatic rings. The fourth-order valence-corrected chi connectivity index (χ4v) is 3.16. The number of unbranched alkanes of at least 4 members (excludes halogenated alkanes) is 3. The van der Waals surface area contributed by atoms with Crippen molar-refractivity contribution in [3.05, 3.63) is 29.8 Å². The van der Waals surface area contributed by atoms with E-state index in [2.05, 4.69) is 26.1 Å². The van der Waals surface area contributed by atoms with Crippen LogP contribution in [0.2, 0.25) is 0 Å². The highest BCUT2D eigenvalue weighted by atomic mass is 32.2. The predicted octanol–water partition coefficient (Wildman–Crippen LogP) is 5.28. The summed E-state index contributed by atoms with van der Waals surface area (Å²) in [5, 5.41) is 3.14. The van der Waals surface area contributed by atoms with Gasteiger partial charge in [-0.3, -0.25) is 4.79 Å². The van der Waals surface area contributed by atoms with Crippen molar-refractivity contribution in [3.63, 3.8) is 0 Å². The SMILES string of the molecule is CCCCCCC(C)NC(=O)c1ccccc1SCCC. The summed E-state index contributed by atoms with van der Waals surface area (Å²) in [6.07, 6.45) is 7.19. The summed E-state index contributed by atoms with van der Waals surface area (Å²) < 4.78 is 0. The normalized spacial score (nSPS) is 12.1. The largest absolute Gasteiger partial charge is 0.350 e. The van der Waals surface area contributed by atoms with E-state index in [-0.39, 0.29) is 11.9 Å². The van der Waals surface area contributed by atoms with Crippen molar-refractivity contribution in [2.24, 2.45) is 0 Å². The summed E-state index contributed by atoms with van der Waals surface area (Å²) in [7, 11) is 0. The highest BCUT2D eigenvalue weighted by molar-refractivity contribution is 7.99. The molecule has 0 saturated heterocycles. The lowest BCUT2D eigenvalue weighted by Gasteiger charge is -2.15. The summed E-state index contributed by atoms with van der Waals surface area (Å²) in [6, 6.07) is 8.16. The van der Waals surface area contributed by atoms with Gasteiger partial charge in [0.2, 0.25) is 0 Å². The maximum absolute atomic E-state index is 12.4. The Labute approximate surface area is 134 Å². The van der Waals surface area contributed by atoms with E-state index >= 15 is 0 Å². The van der Waals surface area contributed by atoms with E-state index < -0.39 is 0 Å². The van der Waals surface area contributed by atoms with Crippen LogP contribution < -0.4 is 5.32 Å². The van der Waals surface area contributed by atoms with Crippen molar-refractivity contribution in [1.82, 2.24) is 5.32 Å². The second kappa shape index (κ2) is 10.7. The maximum Gasteiger partial charge on any atom is 0.252 e. The molecule has 1 amide bonds. The first-order valence-electron chi connectivity index (χ1n) is 8.21. The quantitative estimate of drug-likeness (QED) is 0.471. The number of hydrogen-bond acceptors (Lipinski definition) is 2. The minimum atomic E-state index is 0.0668. The molecule has 3 heteroatoms. The van der Waals surface area contributed by atoms with E-state index in [0.29, 0.717) is 0 Å². The molecule has 0 fully saturated rings. The van der Waals surface area contributed by atoms with Gasteiger partial charge in [0, 0.05) is 10.9 Å². The lowest BCUT2D eigenvalue weighted by molar-refractivity contribution is 0.0935. The molecule has 1 unspecified atom stereocenters. The van der Waals surface area contributed by atoms with Crippen molar-refractivity contribution in [2.75, 3.05) is 5.75 Å². The smallest absolute Gasteiger partial charge is 0.252 e. The van der Waals surface area contributed by atoms with Gasteiger partial charge in [-0.25, -0.2) is 0 Å². The molecule has 0 aliphatic heterocycles. The third-order valence-corrected chi connectivity index (χ3v) is 4.74. The highest BCUT2D eigenvalue weighted by Gasteiger charge is 2.13. The van der Waals surface area contributed by atoms with Gasteiger partial charge < -0.3 is 5.32 Å². The third-order valence-electron chi connectivity index (χ3n) is 3.46. The lowest BCUT2D eigenvalue weighted by Crippen LogP contribution is -2.32. The topological polar surface area (TPSA) is 29.1 Å². The molecule has 0 aromatic heterocycles. The number of hydrogen-bond donors (Lipinski definition) is 1. The molecule has 0 aliphatic rings. The third kappa shape index (κ3) is 7.03. The van der Waals surface area contributed by atoms with Crippen molar-refractivity contribution in [2.45, 2.75) is 70.2 Å². The Bertz CT molecular complexity index is 419. The van der Waals surface area contributed by atoms with Crippen LogP contribution in [0.25, 0.3) is 0 Å². The zero-order valence-corrected chi connectivity index (χ0v) is 14.5. The van der Waals surface area contributed by atoms with Crippen LogP contribution >= 0.6 is 11.8 Å². The fraction of sp³-hybridized carbons (Fsp3) is 0.611. The Morgan fingerprint density at radius 2 is 1.90 bits per heavy atom. The van der Waals surface area contributed by atoms with Crippen LogP contribution in [0.4, 0.5) is 0 Å². The van der Waals surface area contributed by atoms with Gasteiger partial charge in [-0.15, -0.1) is 11.8 Å². The van der Waals surface area contributed by atoms with Crippen LogP contribution in [0.3, 0.4) is 0 Å². The Kier molecular flexibility index (Phi) is 9.24.